The quantitative estimate of drug-likeness (QED) is 0.760. The van der Waals surface area contributed by atoms with Crippen LogP contribution in [0.3, 0.4) is 0 Å². The van der Waals surface area contributed by atoms with E-state index in [4.69, 9.17) is 9.47 Å². The molecule has 0 amide bonds. The van der Waals surface area contributed by atoms with Gasteiger partial charge >= 0.3 is 0 Å². The molecule has 1 aliphatic heterocycles. The molecule has 4 heteroatoms. The average molecular weight is 354 g/mol. The van der Waals surface area contributed by atoms with Crippen molar-refractivity contribution in [1.29, 1.82) is 0 Å². The Bertz CT molecular complexity index is 682. The number of piperazine rings is 1. The minimum Gasteiger partial charge on any atom is -0.493 e. The monoisotopic (exact) mass is 354 g/mol. The highest BCUT2D eigenvalue weighted by molar-refractivity contribution is 5.43. The second kappa shape index (κ2) is 9.06. The van der Waals surface area contributed by atoms with Crippen LogP contribution in [0.25, 0.3) is 0 Å². The highest BCUT2D eigenvalue weighted by Gasteiger charge is 2.21. The smallest absolute Gasteiger partial charge is 0.160 e. The lowest BCUT2D eigenvalue weighted by atomic mass is 10.0. The molecule has 0 radical (unpaired) electrons. The molecule has 1 aliphatic rings. The minimum atomic E-state index is 0.520. The van der Waals surface area contributed by atoms with Gasteiger partial charge in [0.25, 0.3) is 0 Å². The van der Waals surface area contributed by atoms with E-state index in [1.807, 2.05) is 6.07 Å². The predicted molar refractivity (Wildman–Crippen MR) is 106 cm³/mol. The van der Waals surface area contributed by atoms with E-state index in [-0.39, 0.29) is 0 Å². The molecule has 0 saturated carbocycles. The molecule has 0 spiro atoms. The normalized spacial score (nSPS) is 17.0. The summed E-state index contributed by atoms with van der Waals surface area (Å²) in [5.41, 5.74) is 2.70. The van der Waals surface area contributed by atoms with E-state index in [2.05, 4.69) is 59.2 Å². The molecule has 0 aromatic heterocycles. The van der Waals surface area contributed by atoms with Crippen molar-refractivity contribution < 1.29 is 9.47 Å². The highest BCUT2D eigenvalue weighted by Crippen LogP contribution is 2.28. The number of hydrogen-bond donors (Lipinski definition) is 0. The van der Waals surface area contributed by atoms with E-state index in [1.165, 1.54) is 11.1 Å². The fourth-order valence-corrected chi connectivity index (χ4v) is 3.68. The largest absolute Gasteiger partial charge is 0.493 e. The number of methoxy groups -OCH3 is 2. The van der Waals surface area contributed by atoms with Crippen molar-refractivity contribution in [3.8, 4) is 11.5 Å². The Morgan fingerprint density at radius 1 is 0.846 bits per heavy atom. The third kappa shape index (κ3) is 4.77. The Hall–Kier alpha value is -2.04. The molecule has 0 unspecified atom stereocenters. The zero-order valence-electron chi connectivity index (χ0n) is 16.1. The fraction of sp³-hybridized carbons (Fsp3) is 0.455. The van der Waals surface area contributed by atoms with Crippen LogP contribution in [0.5, 0.6) is 11.5 Å². The fourth-order valence-electron chi connectivity index (χ4n) is 3.68. The molecule has 2 aromatic rings. The van der Waals surface area contributed by atoms with Crippen molar-refractivity contribution >= 4 is 0 Å². The van der Waals surface area contributed by atoms with Gasteiger partial charge in [0.2, 0.25) is 0 Å². The SMILES string of the molecule is COc1ccc(C[C@H](C)N2CCN(Cc3ccccc3)CC2)cc1OC. The zero-order valence-corrected chi connectivity index (χ0v) is 16.1. The summed E-state index contributed by atoms with van der Waals surface area (Å²) in [6.07, 6.45) is 1.03. The molecule has 1 saturated heterocycles. The molecule has 140 valence electrons. The summed E-state index contributed by atoms with van der Waals surface area (Å²) in [6.45, 7) is 7.89. The molecule has 0 aliphatic carbocycles. The minimum absolute atomic E-state index is 0.520. The van der Waals surface area contributed by atoms with Crippen molar-refractivity contribution in [3.05, 3.63) is 59.7 Å². The van der Waals surface area contributed by atoms with Gasteiger partial charge in [0, 0.05) is 38.8 Å². The van der Waals surface area contributed by atoms with Gasteiger partial charge in [-0.15, -0.1) is 0 Å². The molecule has 26 heavy (non-hydrogen) atoms. The molecule has 1 fully saturated rings. The van der Waals surface area contributed by atoms with Gasteiger partial charge in [0.15, 0.2) is 11.5 Å². The lowest BCUT2D eigenvalue weighted by Crippen LogP contribution is -2.49. The second-order valence-corrected chi connectivity index (χ2v) is 7.04. The van der Waals surface area contributed by atoms with Crippen molar-refractivity contribution in [3.63, 3.8) is 0 Å². The second-order valence-electron chi connectivity index (χ2n) is 7.04. The molecule has 2 aromatic carbocycles. The maximum atomic E-state index is 5.43. The topological polar surface area (TPSA) is 24.9 Å². The van der Waals surface area contributed by atoms with Crippen LogP contribution in [0.2, 0.25) is 0 Å². The first-order chi connectivity index (χ1) is 12.7. The van der Waals surface area contributed by atoms with E-state index < -0.39 is 0 Å². The molecular weight excluding hydrogens is 324 g/mol. The molecule has 0 N–H and O–H groups in total. The summed E-state index contributed by atoms with van der Waals surface area (Å²) in [5.74, 6) is 1.60. The summed E-state index contributed by atoms with van der Waals surface area (Å²) in [6, 6.07) is 17.5. The van der Waals surface area contributed by atoms with Crippen LogP contribution in [0.1, 0.15) is 18.1 Å². The summed E-state index contributed by atoms with van der Waals surface area (Å²) in [4.78, 5) is 5.15. The lowest BCUT2D eigenvalue weighted by Gasteiger charge is -2.38. The van der Waals surface area contributed by atoms with Crippen LogP contribution in [0.15, 0.2) is 48.5 Å². The number of nitrogens with zero attached hydrogens (tertiary/aromatic N) is 2. The van der Waals surface area contributed by atoms with Gasteiger partial charge < -0.3 is 9.47 Å². The Balaban J connectivity index is 1.51. The first-order valence-electron chi connectivity index (χ1n) is 9.41. The van der Waals surface area contributed by atoms with Crippen molar-refractivity contribution in [2.75, 3.05) is 40.4 Å². The number of rotatable bonds is 7. The van der Waals surface area contributed by atoms with E-state index in [1.54, 1.807) is 14.2 Å². The van der Waals surface area contributed by atoms with Gasteiger partial charge in [0.1, 0.15) is 0 Å². The van der Waals surface area contributed by atoms with Crippen molar-refractivity contribution in [2.24, 2.45) is 0 Å². The molecule has 4 nitrogen and oxygen atoms in total. The molecule has 0 bridgehead atoms. The maximum Gasteiger partial charge on any atom is 0.160 e. The summed E-state index contributed by atoms with van der Waals surface area (Å²) >= 11 is 0. The number of hydrogen-bond acceptors (Lipinski definition) is 4. The standard InChI is InChI=1S/C22H30N2O2/c1-18(15-20-9-10-21(25-2)22(16-20)26-3)24-13-11-23(12-14-24)17-19-7-5-4-6-8-19/h4-10,16,18H,11-15,17H2,1-3H3/t18-/m0/s1. The maximum absolute atomic E-state index is 5.43. The van der Waals surface area contributed by atoms with Crippen LogP contribution >= 0.6 is 0 Å². The third-order valence-corrected chi connectivity index (χ3v) is 5.26. The third-order valence-electron chi connectivity index (χ3n) is 5.26. The summed E-state index contributed by atoms with van der Waals surface area (Å²) in [7, 11) is 3.37. The molecule has 1 heterocycles. The number of ether oxygens (including phenoxy) is 2. The Morgan fingerprint density at radius 2 is 1.54 bits per heavy atom. The van der Waals surface area contributed by atoms with Gasteiger partial charge in [-0.25, -0.2) is 0 Å². The molecule has 3 rings (SSSR count). The Kier molecular flexibility index (Phi) is 6.53. The molecular formula is C22H30N2O2. The summed E-state index contributed by atoms with van der Waals surface area (Å²) < 4.78 is 10.8. The Labute approximate surface area is 157 Å². The van der Waals surface area contributed by atoms with Gasteiger partial charge in [-0.3, -0.25) is 9.80 Å². The van der Waals surface area contributed by atoms with Crippen LogP contribution in [-0.2, 0) is 13.0 Å². The first kappa shape index (κ1) is 18.7. The van der Waals surface area contributed by atoms with Gasteiger partial charge in [0.05, 0.1) is 14.2 Å². The van der Waals surface area contributed by atoms with Gasteiger partial charge in [-0.2, -0.15) is 0 Å². The van der Waals surface area contributed by atoms with E-state index in [9.17, 15) is 0 Å². The Morgan fingerprint density at radius 3 is 2.19 bits per heavy atom. The predicted octanol–water partition coefficient (Wildman–Crippen LogP) is 3.45. The highest BCUT2D eigenvalue weighted by atomic mass is 16.5. The van der Waals surface area contributed by atoms with E-state index in [0.29, 0.717) is 6.04 Å². The van der Waals surface area contributed by atoms with Crippen LogP contribution in [0.4, 0.5) is 0 Å². The van der Waals surface area contributed by atoms with Crippen molar-refractivity contribution in [1.82, 2.24) is 9.80 Å². The lowest BCUT2D eigenvalue weighted by molar-refractivity contribution is 0.0977. The van der Waals surface area contributed by atoms with Crippen LogP contribution < -0.4 is 9.47 Å². The van der Waals surface area contributed by atoms with E-state index in [0.717, 1.165) is 50.6 Å². The van der Waals surface area contributed by atoms with Gasteiger partial charge in [-0.1, -0.05) is 36.4 Å². The average Bonchev–Trinajstić information content (AvgIpc) is 2.69. The number of benzene rings is 2. The van der Waals surface area contributed by atoms with Crippen LogP contribution in [-0.4, -0.2) is 56.2 Å². The summed E-state index contributed by atoms with van der Waals surface area (Å²) in [5, 5.41) is 0. The molecule has 1 atom stereocenters. The first-order valence-corrected chi connectivity index (χ1v) is 9.41. The van der Waals surface area contributed by atoms with E-state index >= 15 is 0 Å². The van der Waals surface area contributed by atoms with Crippen molar-refractivity contribution in [2.45, 2.75) is 25.9 Å². The van der Waals surface area contributed by atoms with Crippen LogP contribution in [0, 0.1) is 0 Å². The zero-order chi connectivity index (χ0) is 18.4. The van der Waals surface area contributed by atoms with Gasteiger partial charge in [-0.05, 0) is 36.6 Å².